The molecule has 0 heterocycles. The predicted molar refractivity (Wildman–Crippen MR) is 122 cm³/mol. The number of carboxylic acids is 1. The summed E-state index contributed by atoms with van der Waals surface area (Å²) >= 11 is 0. The van der Waals surface area contributed by atoms with Crippen LogP contribution in [0.25, 0.3) is 11.1 Å². The number of amides is 1. The van der Waals surface area contributed by atoms with Gasteiger partial charge in [0, 0.05) is 13.2 Å². The maximum Gasteiger partial charge on any atom is 0.341 e. The minimum atomic E-state index is -1.52. The number of nitrogens with one attached hydrogen (secondary N) is 1. The first-order valence-corrected chi connectivity index (χ1v) is 10.6. The quantitative estimate of drug-likeness (QED) is 0.446. The number of carbonyl (C=O) groups is 2. The lowest BCUT2D eigenvalue weighted by Gasteiger charge is -2.19. The van der Waals surface area contributed by atoms with Gasteiger partial charge >= 0.3 is 5.97 Å². The molecule has 2 N–H and O–H groups in total. The molecule has 1 unspecified atom stereocenters. The first kappa shape index (κ1) is 25.3. The van der Waals surface area contributed by atoms with Crippen LogP contribution in [-0.2, 0) is 20.9 Å². The van der Waals surface area contributed by atoms with Crippen LogP contribution in [-0.4, -0.2) is 30.2 Å². The first-order valence-electron chi connectivity index (χ1n) is 10.6. The van der Waals surface area contributed by atoms with Gasteiger partial charge in [0.05, 0.1) is 17.2 Å². The van der Waals surface area contributed by atoms with Crippen LogP contribution in [0.1, 0.15) is 29.7 Å². The van der Waals surface area contributed by atoms with Crippen molar-refractivity contribution >= 4 is 11.9 Å². The molecule has 180 valence electrons. The Hall–Kier alpha value is -4.29. The van der Waals surface area contributed by atoms with Gasteiger partial charge in [-0.05, 0) is 60.0 Å². The van der Waals surface area contributed by atoms with Crippen LogP contribution in [0.5, 0.6) is 5.75 Å². The highest BCUT2D eigenvalue weighted by molar-refractivity contribution is 5.82. The summed E-state index contributed by atoms with van der Waals surface area (Å²) in [4.78, 5) is 23.5. The molecule has 0 saturated heterocycles. The average Bonchev–Trinajstić information content (AvgIpc) is 2.85. The molecular formula is C26H22F2N2O5. The number of benzene rings is 3. The van der Waals surface area contributed by atoms with E-state index < -0.39 is 41.8 Å². The molecule has 1 atom stereocenters. The zero-order valence-electron chi connectivity index (χ0n) is 18.8. The van der Waals surface area contributed by atoms with Crippen molar-refractivity contribution in [1.82, 2.24) is 5.32 Å². The molecular weight excluding hydrogens is 458 g/mol. The number of nitriles is 1. The van der Waals surface area contributed by atoms with Gasteiger partial charge in [0.2, 0.25) is 0 Å². The number of aliphatic carboxylic acids is 1. The van der Waals surface area contributed by atoms with Gasteiger partial charge in [-0.1, -0.05) is 24.3 Å². The van der Waals surface area contributed by atoms with E-state index in [0.29, 0.717) is 16.7 Å². The number of hydrogen-bond acceptors (Lipinski definition) is 5. The van der Waals surface area contributed by atoms with E-state index in [1.807, 2.05) is 6.07 Å². The summed E-state index contributed by atoms with van der Waals surface area (Å²) in [5, 5.41) is 20.2. The van der Waals surface area contributed by atoms with E-state index in [-0.39, 0.29) is 24.5 Å². The highest BCUT2D eigenvalue weighted by Gasteiger charge is 2.28. The van der Waals surface area contributed by atoms with Crippen LogP contribution in [0.3, 0.4) is 0 Å². The molecule has 3 aromatic carbocycles. The normalized spacial score (nSPS) is 11.4. The van der Waals surface area contributed by atoms with Gasteiger partial charge in [-0.15, -0.1) is 0 Å². The van der Waals surface area contributed by atoms with Crippen LogP contribution in [0, 0.1) is 23.0 Å². The van der Waals surface area contributed by atoms with Crippen molar-refractivity contribution in [3.8, 4) is 22.9 Å². The molecule has 3 aromatic rings. The van der Waals surface area contributed by atoms with E-state index in [0.717, 1.165) is 12.1 Å². The lowest BCUT2D eigenvalue weighted by molar-refractivity contribution is -0.139. The third-order valence-corrected chi connectivity index (χ3v) is 4.99. The molecule has 0 saturated carbocycles. The second-order valence-corrected chi connectivity index (χ2v) is 7.43. The maximum absolute atomic E-state index is 15.1. The standard InChI is InChI=1S/C26H22F2N2O5/c1-2-34-25(26(33)30-14-17-8-6-16(13-29)7-9-17)24-21(27)11-19(12-22(24)28)18-4-3-5-20(10-18)35-15-23(31)32/h3-12,25H,2,14-15H2,1H3,(H,30,33)(H,31,32). The van der Waals surface area contributed by atoms with Gasteiger partial charge in [-0.2, -0.15) is 5.26 Å². The highest BCUT2D eigenvalue weighted by Crippen LogP contribution is 2.31. The summed E-state index contributed by atoms with van der Waals surface area (Å²) in [7, 11) is 0. The molecule has 7 nitrogen and oxygen atoms in total. The lowest BCUT2D eigenvalue weighted by Crippen LogP contribution is -2.31. The summed E-state index contributed by atoms with van der Waals surface area (Å²) in [6.45, 7) is 1.17. The van der Waals surface area contributed by atoms with Crippen LogP contribution >= 0.6 is 0 Å². The van der Waals surface area contributed by atoms with Gasteiger partial charge < -0.3 is 19.9 Å². The number of halogens is 2. The summed E-state index contributed by atoms with van der Waals surface area (Å²) < 4.78 is 40.7. The third kappa shape index (κ3) is 6.62. The second kappa shape index (κ2) is 11.7. The fourth-order valence-corrected chi connectivity index (χ4v) is 3.35. The topological polar surface area (TPSA) is 109 Å². The molecule has 35 heavy (non-hydrogen) atoms. The Morgan fingerprint density at radius 3 is 2.34 bits per heavy atom. The third-order valence-electron chi connectivity index (χ3n) is 4.99. The van der Waals surface area contributed by atoms with Crippen LogP contribution in [0.2, 0.25) is 0 Å². The van der Waals surface area contributed by atoms with Gasteiger partial charge in [0.1, 0.15) is 17.4 Å². The van der Waals surface area contributed by atoms with Crippen molar-refractivity contribution in [3.63, 3.8) is 0 Å². The number of carboxylic acid groups (broad SMARTS) is 1. The van der Waals surface area contributed by atoms with Crippen molar-refractivity contribution in [2.24, 2.45) is 0 Å². The number of carbonyl (C=O) groups excluding carboxylic acids is 1. The zero-order chi connectivity index (χ0) is 25.4. The van der Waals surface area contributed by atoms with E-state index in [4.69, 9.17) is 19.8 Å². The smallest absolute Gasteiger partial charge is 0.341 e. The second-order valence-electron chi connectivity index (χ2n) is 7.43. The van der Waals surface area contributed by atoms with Crippen molar-refractivity contribution < 1.29 is 33.0 Å². The van der Waals surface area contributed by atoms with Crippen molar-refractivity contribution in [2.75, 3.05) is 13.2 Å². The Balaban J connectivity index is 1.82. The maximum atomic E-state index is 15.1. The minimum Gasteiger partial charge on any atom is -0.482 e. The highest BCUT2D eigenvalue weighted by atomic mass is 19.1. The minimum absolute atomic E-state index is 0.0402. The Labute approximate surface area is 200 Å². The summed E-state index contributed by atoms with van der Waals surface area (Å²) in [5.41, 5.74) is 1.23. The van der Waals surface area contributed by atoms with Gasteiger partial charge in [-0.3, -0.25) is 4.79 Å². The van der Waals surface area contributed by atoms with Crippen LogP contribution < -0.4 is 10.1 Å². The summed E-state index contributed by atoms with van der Waals surface area (Å²) in [5.74, 6) is -3.58. The number of hydrogen-bond donors (Lipinski definition) is 2. The molecule has 1 amide bonds. The molecule has 9 heteroatoms. The van der Waals surface area contributed by atoms with E-state index in [2.05, 4.69) is 5.32 Å². The SMILES string of the molecule is CCOC(C(=O)NCc1ccc(C#N)cc1)c1c(F)cc(-c2cccc(OCC(=O)O)c2)cc1F. The molecule has 0 fully saturated rings. The number of nitrogens with zero attached hydrogens (tertiary/aromatic N) is 1. The molecule has 0 spiro atoms. The van der Waals surface area contributed by atoms with Crippen molar-refractivity contribution in [1.29, 1.82) is 5.26 Å². The molecule has 0 aliphatic carbocycles. The first-order chi connectivity index (χ1) is 16.8. The molecule has 0 aliphatic rings. The molecule has 3 rings (SSSR count). The zero-order valence-corrected chi connectivity index (χ0v) is 18.8. The molecule has 0 aromatic heterocycles. The lowest BCUT2D eigenvalue weighted by atomic mass is 9.99. The fraction of sp³-hybridized carbons (Fsp3) is 0.192. The Morgan fingerprint density at radius 1 is 1.06 bits per heavy atom. The summed E-state index contributed by atoms with van der Waals surface area (Å²) in [6.07, 6.45) is -1.52. The van der Waals surface area contributed by atoms with Crippen molar-refractivity contribution in [2.45, 2.75) is 19.6 Å². The van der Waals surface area contributed by atoms with Gasteiger partial charge in [0.15, 0.2) is 12.7 Å². The van der Waals surface area contributed by atoms with E-state index >= 15 is 8.78 Å². The molecule has 0 radical (unpaired) electrons. The van der Waals surface area contributed by atoms with E-state index in [1.165, 1.54) is 12.1 Å². The summed E-state index contributed by atoms with van der Waals surface area (Å²) in [6, 6.07) is 16.8. The van der Waals surface area contributed by atoms with E-state index in [1.54, 1.807) is 43.3 Å². The van der Waals surface area contributed by atoms with E-state index in [9.17, 15) is 9.59 Å². The monoisotopic (exact) mass is 480 g/mol. The fourth-order valence-electron chi connectivity index (χ4n) is 3.35. The number of ether oxygens (including phenoxy) is 2. The van der Waals surface area contributed by atoms with Crippen molar-refractivity contribution in [3.05, 3.63) is 89.0 Å². The Bertz CT molecular complexity index is 1230. The molecule has 0 bridgehead atoms. The Morgan fingerprint density at radius 2 is 1.74 bits per heavy atom. The van der Waals surface area contributed by atoms with Gasteiger partial charge in [0.25, 0.3) is 5.91 Å². The van der Waals surface area contributed by atoms with Gasteiger partial charge in [-0.25, -0.2) is 13.6 Å². The van der Waals surface area contributed by atoms with Crippen LogP contribution in [0.4, 0.5) is 8.78 Å². The number of rotatable bonds is 10. The largest absolute Gasteiger partial charge is 0.482 e. The van der Waals surface area contributed by atoms with Crippen LogP contribution in [0.15, 0.2) is 60.7 Å². The predicted octanol–water partition coefficient (Wildman–Crippen LogP) is 4.36. The average molecular weight is 480 g/mol. The molecule has 0 aliphatic heterocycles. The Kier molecular flexibility index (Phi) is 8.48.